The lowest BCUT2D eigenvalue weighted by Gasteiger charge is -2.21. The van der Waals surface area contributed by atoms with Crippen molar-refractivity contribution in [2.75, 3.05) is 25.0 Å². The van der Waals surface area contributed by atoms with Crippen molar-refractivity contribution in [3.63, 3.8) is 0 Å². The molecule has 0 aromatic carbocycles. The highest BCUT2D eigenvalue weighted by Crippen LogP contribution is 2.45. The molecule has 0 aliphatic carbocycles. The Morgan fingerprint density at radius 3 is 0.889 bits per heavy atom. The van der Waals surface area contributed by atoms with Crippen LogP contribution in [0, 0.1) is 0 Å². The van der Waals surface area contributed by atoms with Crippen molar-refractivity contribution in [3.8, 4) is 0 Å². The summed E-state index contributed by atoms with van der Waals surface area (Å²) in [6, 6.07) is 0. The maximum atomic E-state index is 2.22. The fourth-order valence-corrected chi connectivity index (χ4v) is 13.5. The third kappa shape index (κ3) is 3.01. The Labute approximate surface area is 74.3 Å². The van der Waals surface area contributed by atoms with Gasteiger partial charge in [-0.3, -0.25) is 0 Å². The van der Waals surface area contributed by atoms with Gasteiger partial charge in [0.1, 0.15) is 0 Å². The van der Waals surface area contributed by atoms with Crippen molar-refractivity contribution < 1.29 is 0 Å². The molecule has 0 unspecified atom stereocenters. The largest absolute Gasteiger partial charge is 0.299 e. The zero-order valence-electron chi connectivity index (χ0n) is 6.13. The fraction of sp³-hybridized carbons (Fsp3) is 1.00. The second-order valence-corrected chi connectivity index (χ2v) is 20.8. The van der Waals surface area contributed by atoms with Gasteiger partial charge in [0.15, 0.2) is 0 Å². The molecular formula is C4H12S4Si. The molecule has 0 saturated heterocycles. The quantitative estimate of drug-likeness (QED) is 0.663. The molecule has 0 rings (SSSR count). The van der Waals surface area contributed by atoms with Crippen LogP contribution in [-0.2, 0) is 0 Å². The lowest BCUT2D eigenvalue weighted by molar-refractivity contribution is 2.50. The molecule has 0 atom stereocenters. The maximum Gasteiger partial charge on any atom is 0.299 e. The first-order valence-electron chi connectivity index (χ1n) is 2.45. The summed E-state index contributed by atoms with van der Waals surface area (Å²) in [5.74, 6) is 0. The fourth-order valence-electron chi connectivity index (χ4n) is 0.500. The van der Waals surface area contributed by atoms with E-state index in [-0.39, 0.29) is 0 Å². The minimum Gasteiger partial charge on any atom is -0.155 e. The van der Waals surface area contributed by atoms with E-state index in [1.54, 1.807) is 0 Å². The van der Waals surface area contributed by atoms with Crippen molar-refractivity contribution in [2.45, 2.75) is 0 Å². The maximum absolute atomic E-state index is 2.22. The Balaban J connectivity index is 3.82. The Hall–Kier alpha value is 1.62. The first-order valence-corrected chi connectivity index (χ1v) is 12.2. The Kier molecular flexibility index (Phi) is 6.24. The van der Waals surface area contributed by atoms with Crippen molar-refractivity contribution >= 4 is 49.5 Å². The van der Waals surface area contributed by atoms with Gasteiger partial charge in [0.05, 0.1) is 0 Å². The third-order valence-corrected chi connectivity index (χ3v) is 27.0. The van der Waals surface area contributed by atoms with E-state index in [1.807, 2.05) is 44.8 Å². The highest BCUT2D eigenvalue weighted by atomic mass is 32.9. The van der Waals surface area contributed by atoms with Crippen LogP contribution in [0.3, 0.4) is 0 Å². The summed E-state index contributed by atoms with van der Waals surface area (Å²) in [5.41, 5.74) is 0. The molecule has 0 aliphatic heterocycles. The monoisotopic (exact) mass is 216 g/mol. The number of hydrogen-bond donors (Lipinski definition) is 0. The van der Waals surface area contributed by atoms with Gasteiger partial charge >= 0.3 is 0 Å². The van der Waals surface area contributed by atoms with Gasteiger partial charge in [-0.25, -0.2) is 0 Å². The molecule has 5 heteroatoms. The minimum atomic E-state index is -1.02. The third-order valence-electron chi connectivity index (χ3n) is 1.00. The van der Waals surface area contributed by atoms with E-state index in [9.17, 15) is 0 Å². The molecule has 0 aromatic heterocycles. The Morgan fingerprint density at radius 1 is 0.667 bits per heavy atom. The Morgan fingerprint density at radius 2 is 0.889 bits per heavy atom. The molecule has 0 radical (unpaired) electrons. The molecule has 0 nitrogen and oxygen atoms in total. The van der Waals surface area contributed by atoms with Crippen molar-refractivity contribution in [3.05, 3.63) is 0 Å². The van der Waals surface area contributed by atoms with Gasteiger partial charge in [-0.2, -0.15) is 44.8 Å². The average molecular weight is 216 g/mol. The first-order chi connectivity index (χ1) is 4.24. The van der Waals surface area contributed by atoms with Crippen LogP contribution >= 0.6 is 44.8 Å². The lowest BCUT2D eigenvalue weighted by atomic mass is 12.0. The highest BCUT2D eigenvalue weighted by Gasteiger charge is 2.29. The topological polar surface area (TPSA) is 0 Å². The molecule has 0 spiro atoms. The molecule has 0 amide bonds. The summed E-state index contributed by atoms with van der Waals surface area (Å²) in [4.78, 5) is 0. The summed E-state index contributed by atoms with van der Waals surface area (Å²) in [5, 5.41) is 0. The molecule has 0 fully saturated rings. The molecule has 9 heavy (non-hydrogen) atoms. The SMILES string of the molecule is CS[Si](SC)(SC)SC. The standard InChI is InChI=1S/C4H12S4Si/c1-5-9(6-2,7-3)8-4/h1-4H3. The van der Waals surface area contributed by atoms with Crippen LogP contribution < -0.4 is 0 Å². The van der Waals surface area contributed by atoms with Gasteiger partial charge in [-0.05, 0) is 25.0 Å². The van der Waals surface area contributed by atoms with Crippen LogP contribution in [0.4, 0.5) is 0 Å². The molecule has 0 bridgehead atoms. The lowest BCUT2D eigenvalue weighted by Crippen LogP contribution is -2.14. The van der Waals surface area contributed by atoms with Crippen molar-refractivity contribution in [2.24, 2.45) is 0 Å². The Bertz CT molecular complexity index is 55.5. The van der Waals surface area contributed by atoms with Gasteiger partial charge in [0.2, 0.25) is 0 Å². The molecule has 0 saturated carbocycles. The zero-order chi connectivity index (χ0) is 7.33. The summed E-state index contributed by atoms with van der Waals surface area (Å²) >= 11 is 8.18. The molecule has 0 N–H and O–H groups in total. The van der Waals surface area contributed by atoms with Crippen LogP contribution in [0.5, 0.6) is 0 Å². The second kappa shape index (κ2) is 5.29. The minimum absolute atomic E-state index is 1.02. The molecule has 0 heterocycles. The van der Waals surface area contributed by atoms with E-state index in [0.29, 0.717) is 0 Å². The predicted octanol–water partition coefficient (Wildman–Crippen LogP) is 2.87. The first kappa shape index (κ1) is 10.6. The van der Waals surface area contributed by atoms with E-state index < -0.39 is 4.67 Å². The number of hydrogen-bond acceptors (Lipinski definition) is 4. The van der Waals surface area contributed by atoms with Gasteiger partial charge in [0.25, 0.3) is 4.67 Å². The van der Waals surface area contributed by atoms with E-state index in [0.717, 1.165) is 0 Å². The van der Waals surface area contributed by atoms with Crippen LogP contribution in [0.1, 0.15) is 0 Å². The van der Waals surface area contributed by atoms with Gasteiger partial charge < -0.3 is 0 Å². The average Bonchev–Trinajstić information content (AvgIpc) is 1.95. The van der Waals surface area contributed by atoms with Crippen molar-refractivity contribution in [1.82, 2.24) is 0 Å². The zero-order valence-corrected chi connectivity index (χ0v) is 10.4. The van der Waals surface area contributed by atoms with Gasteiger partial charge in [0, 0.05) is 0 Å². The summed E-state index contributed by atoms with van der Waals surface area (Å²) < 4.78 is -1.02. The summed E-state index contributed by atoms with van der Waals surface area (Å²) in [7, 11) is 0. The van der Waals surface area contributed by atoms with Crippen LogP contribution in [0.2, 0.25) is 0 Å². The molecule has 0 aromatic rings. The van der Waals surface area contributed by atoms with E-state index in [4.69, 9.17) is 0 Å². The molecule has 56 valence electrons. The van der Waals surface area contributed by atoms with Crippen LogP contribution in [-0.4, -0.2) is 29.7 Å². The van der Waals surface area contributed by atoms with Gasteiger partial charge in [-0.15, -0.1) is 0 Å². The van der Waals surface area contributed by atoms with Crippen molar-refractivity contribution in [1.29, 1.82) is 0 Å². The number of rotatable bonds is 4. The van der Waals surface area contributed by atoms with Gasteiger partial charge in [-0.1, -0.05) is 0 Å². The molecule has 0 aliphatic rings. The normalized spacial score (nSPS) is 12.0. The van der Waals surface area contributed by atoms with E-state index in [1.165, 1.54) is 0 Å². The van der Waals surface area contributed by atoms with E-state index >= 15 is 0 Å². The summed E-state index contributed by atoms with van der Waals surface area (Å²) in [6.45, 7) is 0. The predicted molar refractivity (Wildman–Crippen MR) is 59.8 cm³/mol. The van der Waals surface area contributed by atoms with E-state index in [2.05, 4.69) is 25.0 Å². The molecular weight excluding hydrogens is 204 g/mol. The van der Waals surface area contributed by atoms with Crippen LogP contribution in [0.15, 0.2) is 0 Å². The van der Waals surface area contributed by atoms with Crippen LogP contribution in [0.25, 0.3) is 0 Å². The highest BCUT2D eigenvalue weighted by molar-refractivity contribution is 8.99. The second-order valence-electron chi connectivity index (χ2n) is 1.32. The summed E-state index contributed by atoms with van der Waals surface area (Å²) in [6.07, 6.45) is 8.87. The smallest absolute Gasteiger partial charge is 0.155 e.